The summed E-state index contributed by atoms with van der Waals surface area (Å²) in [7, 11) is 0. The van der Waals surface area contributed by atoms with Crippen LogP contribution in [0.25, 0.3) is 6.08 Å². The lowest BCUT2D eigenvalue weighted by Gasteiger charge is -2.06. The highest BCUT2D eigenvalue weighted by atomic mass is 16.5. The van der Waals surface area contributed by atoms with E-state index in [1.54, 1.807) is 13.0 Å². The molecule has 0 saturated carbocycles. The van der Waals surface area contributed by atoms with Crippen molar-refractivity contribution in [2.24, 2.45) is 0 Å². The molecule has 0 aromatic heterocycles. The summed E-state index contributed by atoms with van der Waals surface area (Å²) in [5, 5.41) is 8.67. The Kier molecular flexibility index (Phi) is 4.57. The SMILES string of the molecule is CC(CO)OC(=O)C=Cc1ccccc1. The highest BCUT2D eigenvalue weighted by Crippen LogP contribution is 2.01. The number of rotatable bonds is 4. The summed E-state index contributed by atoms with van der Waals surface area (Å²) in [6, 6.07) is 9.46. The van der Waals surface area contributed by atoms with Gasteiger partial charge in [-0.2, -0.15) is 0 Å². The molecule has 0 aliphatic heterocycles. The van der Waals surface area contributed by atoms with Crippen LogP contribution in [0.4, 0.5) is 0 Å². The Balaban J connectivity index is 2.48. The van der Waals surface area contributed by atoms with Crippen molar-refractivity contribution in [3.8, 4) is 0 Å². The minimum Gasteiger partial charge on any atom is -0.457 e. The van der Waals surface area contributed by atoms with Crippen LogP contribution < -0.4 is 0 Å². The fourth-order valence-electron chi connectivity index (χ4n) is 1.00. The van der Waals surface area contributed by atoms with E-state index in [1.165, 1.54) is 6.08 Å². The summed E-state index contributed by atoms with van der Waals surface area (Å²) < 4.78 is 4.85. The van der Waals surface area contributed by atoms with Crippen molar-refractivity contribution >= 4 is 12.0 Å². The van der Waals surface area contributed by atoms with Crippen molar-refractivity contribution in [2.75, 3.05) is 6.61 Å². The Morgan fingerprint density at radius 2 is 2.13 bits per heavy atom. The first kappa shape index (κ1) is 11.5. The molecule has 0 heterocycles. The monoisotopic (exact) mass is 206 g/mol. The van der Waals surface area contributed by atoms with E-state index in [9.17, 15) is 4.79 Å². The smallest absolute Gasteiger partial charge is 0.331 e. The molecule has 1 rings (SSSR count). The van der Waals surface area contributed by atoms with E-state index in [2.05, 4.69) is 0 Å². The lowest BCUT2D eigenvalue weighted by molar-refractivity contribution is -0.143. The van der Waals surface area contributed by atoms with Gasteiger partial charge >= 0.3 is 5.97 Å². The quantitative estimate of drug-likeness (QED) is 0.601. The predicted molar refractivity (Wildman–Crippen MR) is 58.1 cm³/mol. The number of benzene rings is 1. The first-order valence-corrected chi connectivity index (χ1v) is 4.77. The van der Waals surface area contributed by atoms with Gasteiger partial charge < -0.3 is 9.84 Å². The van der Waals surface area contributed by atoms with Gasteiger partial charge in [-0.05, 0) is 18.6 Å². The van der Waals surface area contributed by atoms with Gasteiger partial charge in [-0.25, -0.2) is 4.79 Å². The molecular weight excluding hydrogens is 192 g/mol. The van der Waals surface area contributed by atoms with Crippen molar-refractivity contribution in [1.29, 1.82) is 0 Å². The normalized spacial score (nSPS) is 12.7. The Morgan fingerprint density at radius 1 is 1.47 bits per heavy atom. The summed E-state index contributed by atoms with van der Waals surface area (Å²) in [5.74, 6) is -0.444. The third-order valence-corrected chi connectivity index (χ3v) is 1.79. The molecule has 3 heteroatoms. The summed E-state index contributed by atoms with van der Waals surface area (Å²) in [6.45, 7) is 1.47. The first-order chi connectivity index (χ1) is 7.22. The molecule has 0 bridgehead atoms. The van der Waals surface area contributed by atoms with E-state index in [0.29, 0.717) is 0 Å². The standard InChI is InChI=1S/C12H14O3/c1-10(9-13)15-12(14)8-7-11-5-3-2-4-6-11/h2-8,10,13H,9H2,1H3. The molecule has 3 nitrogen and oxygen atoms in total. The van der Waals surface area contributed by atoms with Gasteiger partial charge in [-0.1, -0.05) is 30.3 Å². The molecule has 0 amide bonds. The number of ether oxygens (including phenoxy) is 1. The third kappa shape index (κ3) is 4.42. The van der Waals surface area contributed by atoms with Crippen LogP contribution in [0, 0.1) is 0 Å². The molecular formula is C12H14O3. The van der Waals surface area contributed by atoms with Crippen molar-refractivity contribution in [1.82, 2.24) is 0 Å². The van der Waals surface area contributed by atoms with Gasteiger partial charge in [0.2, 0.25) is 0 Å². The lowest BCUT2D eigenvalue weighted by atomic mass is 10.2. The minimum atomic E-state index is -0.460. The van der Waals surface area contributed by atoms with Crippen LogP contribution in [0.5, 0.6) is 0 Å². The highest BCUT2D eigenvalue weighted by molar-refractivity contribution is 5.87. The Hall–Kier alpha value is -1.61. The van der Waals surface area contributed by atoms with E-state index >= 15 is 0 Å². The van der Waals surface area contributed by atoms with Crippen LogP contribution >= 0.6 is 0 Å². The molecule has 1 unspecified atom stereocenters. The predicted octanol–water partition coefficient (Wildman–Crippen LogP) is 1.62. The molecule has 0 saturated heterocycles. The molecule has 1 aromatic rings. The van der Waals surface area contributed by atoms with Crippen LogP contribution in [-0.4, -0.2) is 23.8 Å². The average molecular weight is 206 g/mol. The van der Waals surface area contributed by atoms with Crippen molar-refractivity contribution < 1.29 is 14.6 Å². The molecule has 1 aromatic carbocycles. The number of hydrogen-bond acceptors (Lipinski definition) is 3. The topological polar surface area (TPSA) is 46.5 Å². The Labute approximate surface area is 89.0 Å². The Bertz CT molecular complexity index is 330. The second-order valence-electron chi connectivity index (χ2n) is 3.17. The van der Waals surface area contributed by atoms with Crippen LogP contribution in [-0.2, 0) is 9.53 Å². The zero-order chi connectivity index (χ0) is 11.1. The van der Waals surface area contributed by atoms with E-state index in [-0.39, 0.29) is 6.61 Å². The van der Waals surface area contributed by atoms with E-state index in [4.69, 9.17) is 9.84 Å². The van der Waals surface area contributed by atoms with E-state index < -0.39 is 12.1 Å². The fourth-order valence-corrected chi connectivity index (χ4v) is 1.00. The maximum Gasteiger partial charge on any atom is 0.331 e. The lowest BCUT2D eigenvalue weighted by Crippen LogP contribution is -2.16. The molecule has 0 aliphatic rings. The molecule has 1 atom stereocenters. The number of aliphatic hydroxyl groups is 1. The van der Waals surface area contributed by atoms with Crippen LogP contribution in [0.2, 0.25) is 0 Å². The van der Waals surface area contributed by atoms with Crippen LogP contribution in [0.3, 0.4) is 0 Å². The molecule has 0 fully saturated rings. The molecule has 0 spiro atoms. The van der Waals surface area contributed by atoms with Gasteiger partial charge in [0.15, 0.2) is 0 Å². The van der Waals surface area contributed by atoms with Crippen LogP contribution in [0.1, 0.15) is 12.5 Å². The second kappa shape index (κ2) is 5.98. The summed E-state index contributed by atoms with van der Waals surface area (Å²) in [5.41, 5.74) is 0.936. The molecule has 0 aliphatic carbocycles. The minimum absolute atomic E-state index is 0.162. The first-order valence-electron chi connectivity index (χ1n) is 4.77. The summed E-state index contributed by atoms with van der Waals surface area (Å²) >= 11 is 0. The van der Waals surface area contributed by atoms with Crippen molar-refractivity contribution in [3.63, 3.8) is 0 Å². The molecule has 0 radical (unpaired) electrons. The van der Waals surface area contributed by atoms with Gasteiger partial charge in [0, 0.05) is 6.08 Å². The zero-order valence-corrected chi connectivity index (χ0v) is 8.59. The van der Waals surface area contributed by atoms with Crippen LogP contribution in [0.15, 0.2) is 36.4 Å². The summed E-state index contributed by atoms with van der Waals surface area (Å²) in [4.78, 5) is 11.2. The fraction of sp³-hybridized carbons (Fsp3) is 0.250. The van der Waals surface area contributed by atoms with E-state index in [1.807, 2.05) is 30.3 Å². The van der Waals surface area contributed by atoms with Gasteiger partial charge in [0.05, 0.1) is 6.61 Å². The number of carbonyl (C=O) groups excluding carboxylic acids is 1. The number of aliphatic hydroxyl groups excluding tert-OH is 1. The maximum absolute atomic E-state index is 11.2. The maximum atomic E-state index is 11.2. The summed E-state index contributed by atoms with van der Waals surface area (Å²) in [6.07, 6.45) is 2.56. The van der Waals surface area contributed by atoms with E-state index in [0.717, 1.165) is 5.56 Å². The third-order valence-electron chi connectivity index (χ3n) is 1.79. The zero-order valence-electron chi connectivity index (χ0n) is 8.59. The molecule has 15 heavy (non-hydrogen) atoms. The van der Waals surface area contributed by atoms with Gasteiger partial charge in [0.1, 0.15) is 6.10 Å². The van der Waals surface area contributed by atoms with Crippen molar-refractivity contribution in [2.45, 2.75) is 13.0 Å². The number of carbonyl (C=O) groups is 1. The largest absolute Gasteiger partial charge is 0.457 e. The average Bonchev–Trinajstić information content (AvgIpc) is 2.27. The number of esters is 1. The van der Waals surface area contributed by atoms with Crippen molar-refractivity contribution in [3.05, 3.63) is 42.0 Å². The Morgan fingerprint density at radius 3 is 2.73 bits per heavy atom. The van der Waals surface area contributed by atoms with Gasteiger partial charge in [-0.15, -0.1) is 0 Å². The molecule has 1 N–H and O–H groups in total. The highest BCUT2D eigenvalue weighted by Gasteiger charge is 2.03. The van der Waals surface area contributed by atoms with Gasteiger partial charge in [-0.3, -0.25) is 0 Å². The molecule has 80 valence electrons. The van der Waals surface area contributed by atoms with Gasteiger partial charge in [0.25, 0.3) is 0 Å². The second-order valence-corrected chi connectivity index (χ2v) is 3.17. The number of hydrogen-bond donors (Lipinski definition) is 1.